The van der Waals surface area contributed by atoms with E-state index in [2.05, 4.69) is 60.8 Å². The lowest BCUT2D eigenvalue weighted by atomic mass is 9.63. The summed E-state index contributed by atoms with van der Waals surface area (Å²) >= 11 is 9.83. The Morgan fingerprint density at radius 1 is 0.976 bits per heavy atom. The zero-order valence-electron chi connectivity index (χ0n) is 24.9. The van der Waals surface area contributed by atoms with Crippen LogP contribution in [0.1, 0.15) is 78.2 Å². The molecule has 1 aliphatic heterocycles. The van der Waals surface area contributed by atoms with Gasteiger partial charge in [0.15, 0.2) is 18.2 Å². The van der Waals surface area contributed by atoms with Crippen LogP contribution >= 0.6 is 27.5 Å². The van der Waals surface area contributed by atoms with E-state index in [9.17, 15) is 14.4 Å². The number of benzene rings is 2. The minimum absolute atomic E-state index is 0.0684. The number of hydrogen-bond acceptors (Lipinski definition) is 5. The Hall–Kier alpha value is -2.90. The number of carbonyl (C=O) groups is 3. The third-order valence-corrected chi connectivity index (χ3v) is 9.08. The van der Waals surface area contributed by atoms with Gasteiger partial charge in [0.25, 0.3) is 5.91 Å². The molecule has 2 aromatic carbocycles. The van der Waals surface area contributed by atoms with Crippen molar-refractivity contribution in [1.82, 2.24) is 4.90 Å². The summed E-state index contributed by atoms with van der Waals surface area (Å²) in [6.45, 7) is 11.2. The van der Waals surface area contributed by atoms with Crippen LogP contribution in [0.15, 0.2) is 69.5 Å². The van der Waals surface area contributed by atoms with Crippen LogP contribution in [0.25, 0.3) is 0 Å². The summed E-state index contributed by atoms with van der Waals surface area (Å²) in [4.78, 5) is 43.2. The summed E-state index contributed by atoms with van der Waals surface area (Å²) in [6.07, 6.45) is 3.22. The van der Waals surface area contributed by atoms with Crippen LogP contribution in [-0.4, -0.2) is 35.5 Å². The van der Waals surface area contributed by atoms with Gasteiger partial charge in [-0.25, -0.2) is 0 Å². The van der Waals surface area contributed by atoms with Gasteiger partial charge in [-0.15, -0.1) is 0 Å². The molecule has 0 aromatic heterocycles. The van der Waals surface area contributed by atoms with Crippen molar-refractivity contribution in [2.45, 2.75) is 72.6 Å². The Labute approximate surface area is 261 Å². The molecule has 0 radical (unpaired) electrons. The summed E-state index contributed by atoms with van der Waals surface area (Å²) in [5.41, 5.74) is 4.27. The Balaban J connectivity index is 1.61. The van der Waals surface area contributed by atoms with Crippen molar-refractivity contribution in [3.63, 3.8) is 0 Å². The van der Waals surface area contributed by atoms with Gasteiger partial charge in [-0.1, -0.05) is 74.3 Å². The molecule has 2 aromatic rings. The predicted molar refractivity (Wildman–Crippen MR) is 170 cm³/mol. The molecule has 0 fully saturated rings. The average molecular weight is 654 g/mol. The van der Waals surface area contributed by atoms with Gasteiger partial charge in [-0.3, -0.25) is 14.4 Å². The molecule has 0 spiro atoms. The second-order valence-electron chi connectivity index (χ2n) is 13.2. The molecule has 8 heteroatoms. The van der Waals surface area contributed by atoms with E-state index < -0.39 is 5.92 Å². The van der Waals surface area contributed by atoms with Crippen molar-refractivity contribution >= 4 is 50.7 Å². The molecule has 0 saturated heterocycles. The van der Waals surface area contributed by atoms with Crippen molar-refractivity contribution in [2.24, 2.45) is 10.8 Å². The van der Waals surface area contributed by atoms with Gasteiger partial charge in [-0.05, 0) is 60.4 Å². The van der Waals surface area contributed by atoms with Crippen molar-refractivity contribution in [2.75, 3.05) is 18.5 Å². The molecule has 3 aliphatic rings. The maximum atomic E-state index is 14.0. The molecule has 2 aliphatic carbocycles. The number of hydrogen-bond donors (Lipinski definition) is 1. The molecule has 1 N–H and O–H groups in total. The lowest BCUT2D eigenvalue weighted by molar-refractivity contribution is -0.120. The number of para-hydroxylation sites is 1. The van der Waals surface area contributed by atoms with Gasteiger partial charge in [0, 0.05) is 57.9 Å². The van der Waals surface area contributed by atoms with Crippen LogP contribution in [0.4, 0.5) is 5.69 Å². The normalized spacial score (nSPS) is 19.9. The fourth-order valence-electron chi connectivity index (χ4n) is 6.62. The molecule has 0 unspecified atom stereocenters. The summed E-state index contributed by atoms with van der Waals surface area (Å²) in [5, 5.41) is 3.23. The van der Waals surface area contributed by atoms with Crippen molar-refractivity contribution < 1.29 is 19.1 Å². The molecular weight excluding hydrogens is 616 g/mol. The topological polar surface area (TPSA) is 75.7 Å². The number of carbonyl (C=O) groups excluding carboxylic acids is 3. The van der Waals surface area contributed by atoms with E-state index in [1.807, 2.05) is 12.1 Å². The zero-order chi connectivity index (χ0) is 30.4. The number of anilines is 1. The Kier molecular flexibility index (Phi) is 8.47. The van der Waals surface area contributed by atoms with Crippen LogP contribution < -0.4 is 10.1 Å². The first-order valence-corrected chi connectivity index (χ1v) is 15.7. The summed E-state index contributed by atoms with van der Waals surface area (Å²) in [6, 6.07) is 12.6. The number of ketones is 2. The minimum atomic E-state index is -0.561. The third kappa shape index (κ3) is 6.09. The second-order valence-corrected chi connectivity index (χ2v) is 14.5. The molecule has 6 nitrogen and oxygen atoms in total. The van der Waals surface area contributed by atoms with Crippen LogP contribution in [0.2, 0.25) is 5.02 Å². The Morgan fingerprint density at radius 2 is 1.57 bits per heavy atom. The van der Waals surface area contributed by atoms with Crippen LogP contribution in [0.3, 0.4) is 0 Å². The zero-order valence-corrected chi connectivity index (χ0v) is 27.2. The highest BCUT2D eigenvalue weighted by molar-refractivity contribution is 9.10. The summed E-state index contributed by atoms with van der Waals surface area (Å²) in [5.74, 6) is -0.316. The average Bonchev–Trinajstić information content (AvgIpc) is 2.88. The van der Waals surface area contributed by atoms with Crippen LogP contribution in [0.5, 0.6) is 5.75 Å². The summed E-state index contributed by atoms with van der Waals surface area (Å²) < 4.78 is 6.95. The van der Waals surface area contributed by atoms with E-state index in [-0.39, 0.29) is 34.9 Å². The first-order valence-electron chi connectivity index (χ1n) is 14.6. The minimum Gasteiger partial charge on any atom is -0.483 e. The number of amides is 1. The maximum Gasteiger partial charge on any atom is 0.262 e. The fourth-order valence-corrected chi connectivity index (χ4v) is 7.18. The molecule has 222 valence electrons. The number of rotatable bonds is 7. The molecule has 0 bridgehead atoms. The SMILES string of the molecule is CCCN1C2=C(C(=O)CC(C)(C)C2)C(c2cc(Br)ccc2OCC(=O)Nc2ccccc2Cl)C2=C1CC(C)(C)CC2=O. The number of nitrogens with one attached hydrogen (secondary N) is 1. The quantitative estimate of drug-likeness (QED) is 0.326. The van der Waals surface area contributed by atoms with Crippen molar-refractivity contribution in [3.8, 4) is 5.75 Å². The van der Waals surface area contributed by atoms with Gasteiger partial charge in [0.1, 0.15) is 5.75 Å². The van der Waals surface area contributed by atoms with Crippen molar-refractivity contribution in [3.05, 3.63) is 80.1 Å². The lowest BCUT2D eigenvalue weighted by Gasteiger charge is -2.49. The van der Waals surface area contributed by atoms with E-state index in [1.54, 1.807) is 30.3 Å². The van der Waals surface area contributed by atoms with Gasteiger partial charge in [-0.2, -0.15) is 0 Å². The highest BCUT2D eigenvalue weighted by atomic mass is 79.9. The van der Waals surface area contributed by atoms with Crippen LogP contribution in [-0.2, 0) is 14.4 Å². The molecule has 0 atom stereocenters. The second kappa shape index (κ2) is 11.6. The molecule has 1 heterocycles. The standard InChI is InChI=1S/C34H38BrClN2O4/c1-6-13-38-24-15-33(2,3)17-26(39)31(24)30(32-25(38)16-34(4,5)18-27(32)40)21-14-20(35)11-12-28(21)42-19-29(41)37-23-10-8-7-9-22(23)36/h7-12,14,30H,6,13,15-19H2,1-5H3,(H,37,41). The number of Topliss-reactive ketones (excluding diaryl/α,β-unsaturated/α-hetero) is 2. The number of allylic oxidation sites excluding steroid dienone is 4. The molecule has 5 rings (SSSR count). The maximum absolute atomic E-state index is 14.0. The number of halogens is 2. The van der Waals surface area contributed by atoms with E-state index in [0.29, 0.717) is 46.0 Å². The lowest BCUT2D eigenvalue weighted by Crippen LogP contribution is -2.44. The van der Waals surface area contributed by atoms with Crippen molar-refractivity contribution in [1.29, 1.82) is 0 Å². The molecule has 42 heavy (non-hydrogen) atoms. The molecular formula is C34H38BrClN2O4. The third-order valence-electron chi connectivity index (χ3n) is 8.26. The summed E-state index contributed by atoms with van der Waals surface area (Å²) in [7, 11) is 0. The smallest absolute Gasteiger partial charge is 0.262 e. The highest BCUT2D eigenvalue weighted by Crippen LogP contribution is 2.55. The van der Waals surface area contributed by atoms with Crippen LogP contribution in [0, 0.1) is 10.8 Å². The fraction of sp³-hybridized carbons (Fsp3) is 0.441. The molecule has 0 saturated carbocycles. The van der Waals surface area contributed by atoms with E-state index in [1.165, 1.54) is 0 Å². The van der Waals surface area contributed by atoms with Gasteiger partial charge in [0.2, 0.25) is 0 Å². The highest BCUT2D eigenvalue weighted by Gasteiger charge is 2.49. The Morgan fingerprint density at radius 3 is 2.14 bits per heavy atom. The van der Waals surface area contributed by atoms with Gasteiger partial charge < -0.3 is 15.0 Å². The molecule has 1 amide bonds. The van der Waals surface area contributed by atoms with E-state index in [0.717, 1.165) is 41.7 Å². The van der Waals surface area contributed by atoms with E-state index >= 15 is 0 Å². The first kappa shape index (κ1) is 30.6. The number of nitrogens with zero attached hydrogens (tertiary/aromatic N) is 1. The Bertz CT molecular complexity index is 1470. The van der Waals surface area contributed by atoms with E-state index in [4.69, 9.17) is 16.3 Å². The first-order chi connectivity index (χ1) is 19.8. The monoisotopic (exact) mass is 652 g/mol. The predicted octanol–water partition coefficient (Wildman–Crippen LogP) is 8.22. The van der Waals surface area contributed by atoms with Gasteiger partial charge >= 0.3 is 0 Å². The number of ether oxygens (including phenoxy) is 1. The van der Waals surface area contributed by atoms with Gasteiger partial charge in [0.05, 0.1) is 10.7 Å². The largest absolute Gasteiger partial charge is 0.483 e.